The number of nitrogens with zero attached hydrogens (tertiary/aromatic N) is 2. The van der Waals surface area contributed by atoms with E-state index >= 15 is 0 Å². The molecule has 0 aliphatic heterocycles. The van der Waals surface area contributed by atoms with E-state index < -0.39 is 5.82 Å². The number of rotatable bonds is 2. The number of hydrogen-bond acceptors (Lipinski definition) is 3. The van der Waals surface area contributed by atoms with Crippen LogP contribution in [0.2, 0.25) is 0 Å². The Balaban J connectivity index is 2.63. The quantitative estimate of drug-likeness (QED) is 0.728. The zero-order valence-electron chi connectivity index (χ0n) is 7.07. The Hall–Kier alpha value is -2.04. The maximum absolute atomic E-state index is 13.2. The molecule has 0 fully saturated rings. The Bertz CT molecular complexity index is 486. The summed E-state index contributed by atoms with van der Waals surface area (Å²) in [6.07, 6.45) is 3.09. The van der Waals surface area contributed by atoms with Crippen molar-refractivity contribution < 1.29 is 9.18 Å². The average Bonchev–Trinajstić information content (AvgIpc) is 2.20. The summed E-state index contributed by atoms with van der Waals surface area (Å²) in [6, 6.07) is 3.22. The van der Waals surface area contributed by atoms with Crippen molar-refractivity contribution in [1.29, 1.82) is 0 Å². The van der Waals surface area contributed by atoms with E-state index in [9.17, 15) is 9.18 Å². The van der Waals surface area contributed by atoms with Crippen LogP contribution in [0.4, 0.5) is 10.2 Å². The molecule has 0 aromatic carbocycles. The van der Waals surface area contributed by atoms with Gasteiger partial charge < -0.3 is 5.32 Å². The number of halogens is 1. The standard InChI is InChI=1S/C9H6FN3O/c10-7-4-11-3-6-1-2-8(12-5-14)13-9(6)7/h1-5H,(H,12,13,14). The Kier molecular flexibility index (Phi) is 2.06. The van der Waals surface area contributed by atoms with E-state index in [1.54, 1.807) is 12.1 Å². The molecule has 0 aliphatic rings. The van der Waals surface area contributed by atoms with Crippen LogP contribution in [0.3, 0.4) is 0 Å². The molecule has 1 amide bonds. The number of amides is 1. The van der Waals surface area contributed by atoms with Gasteiger partial charge in [0.2, 0.25) is 6.41 Å². The summed E-state index contributed by atoms with van der Waals surface area (Å²) in [6.45, 7) is 0. The van der Waals surface area contributed by atoms with E-state index in [0.717, 1.165) is 6.20 Å². The molecule has 0 bridgehead atoms. The Labute approximate surface area is 78.8 Å². The highest BCUT2D eigenvalue weighted by Gasteiger charge is 2.02. The number of nitrogens with one attached hydrogen (secondary N) is 1. The minimum Gasteiger partial charge on any atom is -0.313 e. The summed E-state index contributed by atoms with van der Waals surface area (Å²) in [7, 11) is 0. The minimum atomic E-state index is -0.503. The summed E-state index contributed by atoms with van der Waals surface area (Å²) in [5, 5.41) is 2.95. The largest absolute Gasteiger partial charge is 0.313 e. The van der Waals surface area contributed by atoms with Gasteiger partial charge in [-0.15, -0.1) is 0 Å². The first kappa shape index (κ1) is 8.55. The second-order valence-corrected chi connectivity index (χ2v) is 2.65. The first-order chi connectivity index (χ1) is 6.81. The van der Waals surface area contributed by atoms with Gasteiger partial charge in [0, 0.05) is 11.6 Å². The topological polar surface area (TPSA) is 54.9 Å². The molecule has 2 aromatic heterocycles. The fraction of sp³-hybridized carbons (Fsp3) is 0. The lowest BCUT2D eigenvalue weighted by Crippen LogP contribution is -1.97. The van der Waals surface area contributed by atoms with Crippen LogP contribution in [0, 0.1) is 5.82 Å². The maximum atomic E-state index is 13.2. The van der Waals surface area contributed by atoms with E-state index in [1.807, 2.05) is 0 Å². The highest BCUT2D eigenvalue weighted by atomic mass is 19.1. The fourth-order valence-corrected chi connectivity index (χ4v) is 1.15. The number of pyridine rings is 2. The second-order valence-electron chi connectivity index (χ2n) is 2.65. The Morgan fingerprint density at radius 3 is 3.00 bits per heavy atom. The number of aromatic nitrogens is 2. The maximum Gasteiger partial charge on any atom is 0.212 e. The average molecular weight is 191 g/mol. The molecular weight excluding hydrogens is 185 g/mol. The van der Waals surface area contributed by atoms with Crippen molar-refractivity contribution in [2.24, 2.45) is 0 Å². The summed E-state index contributed by atoms with van der Waals surface area (Å²) in [4.78, 5) is 17.7. The van der Waals surface area contributed by atoms with Crippen molar-refractivity contribution in [1.82, 2.24) is 9.97 Å². The highest BCUT2D eigenvalue weighted by molar-refractivity contribution is 5.81. The Morgan fingerprint density at radius 1 is 1.36 bits per heavy atom. The van der Waals surface area contributed by atoms with Crippen molar-refractivity contribution in [3.63, 3.8) is 0 Å². The number of fused-ring (bicyclic) bond motifs is 1. The molecule has 0 saturated heterocycles. The molecule has 0 saturated carbocycles. The van der Waals surface area contributed by atoms with E-state index in [2.05, 4.69) is 15.3 Å². The molecule has 14 heavy (non-hydrogen) atoms. The van der Waals surface area contributed by atoms with E-state index in [1.165, 1.54) is 6.20 Å². The third-order valence-corrected chi connectivity index (χ3v) is 1.76. The van der Waals surface area contributed by atoms with E-state index in [4.69, 9.17) is 0 Å². The van der Waals surface area contributed by atoms with Gasteiger partial charge in [-0.2, -0.15) is 0 Å². The summed E-state index contributed by atoms with van der Waals surface area (Å²) >= 11 is 0. The number of carbonyl (C=O) groups is 1. The van der Waals surface area contributed by atoms with Gasteiger partial charge in [-0.3, -0.25) is 9.78 Å². The zero-order chi connectivity index (χ0) is 9.97. The van der Waals surface area contributed by atoms with Crippen molar-refractivity contribution >= 4 is 23.1 Å². The summed E-state index contributed by atoms with van der Waals surface area (Å²) in [5.41, 5.74) is 0.201. The van der Waals surface area contributed by atoms with Crippen molar-refractivity contribution in [2.45, 2.75) is 0 Å². The lowest BCUT2D eigenvalue weighted by Gasteiger charge is -2.00. The summed E-state index contributed by atoms with van der Waals surface area (Å²) in [5.74, 6) is -0.186. The number of hydrogen-bond donors (Lipinski definition) is 1. The molecule has 4 nitrogen and oxygen atoms in total. The summed E-state index contributed by atoms with van der Waals surface area (Å²) < 4.78 is 13.2. The van der Waals surface area contributed by atoms with Crippen LogP contribution >= 0.6 is 0 Å². The molecule has 2 heterocycles. The molecule has 0 unspecified atom stereocenters. The minimum absolute atomic E-state index is 0.201. The first-order valence-corrected chi connectivity index (χ1v) is 3.92. The highest BCUT2D eigenvalue weighted by Crippen LogP contribution is 2.16. The molecule has 2 rings (SSSR count). The van der Waals surface area contributed by atoms with Crippen molar-refractivity contribution in [2.75, 3.05) is 5.32 Å². The smallest absolute Gasteiger partial charge is 0.212 e. The van der Waals surface area contributed by atoms with Gasteiger partial charge in [0.25, 0.3) is 0 Å². The van der Waals surface area contributed by atoms with Crippen molar-refractivity contribution in [3.05, 3.63) is 30.3 Å². The zero-order valence-corrected chi connectivity index (χ0v) is 7.07. The van der Waals surface area contributed by atoms with Crippen LogP contribution in [0.25, 0.3) is 10.9 Å². The monoisotopic (exact) mass is 191 g/mol. The molecule has 70 valence electrons. The molecular formula is C9H6FN3O. The third-order valence-electron chi connectivity index (χ3n) is 1.76. The van der Waals surface area contributed by atoms with Crippen LogP contribution in [0.15, 0.2) is 24.5 Å². The predicted octanol–water partition coefficient (Wildman–Crippen LogP) is 1.34. The lowest BCUT2D eigenvalue weighted by molar-refractivity contribution is -0.105. The van der Waals surface area contributed by atoms with Gasteiger partial charge >= 0.3 is 0 Å². The predicted molar refractivity (Wildman–Crippen MR) is 49.2 cm³/mol. The fourth-order valence-electron chi connectivity index (χ4n) is 1.15. The van der Waals surface area contributed by atoms with Crippen LogP contribution in [-0.4, -0.2) is 16.4 Å². The number of anilines is 1. The molecule has 1 N–H and O–H groups in total. The van der Waals surface area contributed by atoms with Gasteiger partial charge in [-0.1, -0.05) is 0 Å². The van der Waals surface area contributed by atoms with E-state index in [0.29, 0.717) is 17.6 Å². The second kappa shape index (κ2) is 3.37. The molecule has 0 spiro atoms. The lowest BCUT2D eigenvalue weighted by atomic mass is 10.2. The van der Waals surface area contributed by atoms with Gasteiger partial charge in [0.15, 0.2) is 5.82 Å². The van der Waals surface area contributed by atoms with Gasteiger partial charge in [-0.05, 0) is 12.1 Å². The van der Waals surface area contributed by atoms with Crippen LogP contribution < -0.4 is 5.32 Å². The molecule has 5 heteroatoms. The number of carbonyl (C=O) groups excluding carboxylic acids is 1. The van der Waals surface area contributed by atoms with Gasteiger partial charge in [0.05, 0.1) is 6.20 Å². The van der Waals surface area contributed by atoms with Gasteiger partial charge in [-0.25, -0.2) is 9.37 Å². The SMILES string of the molecule is O=CNc1ccc2cncc(F)c2n1. The van der Waals surface area contributed by atoms with E-state index in [-0.39, 0.29) is 5.52 Å². The Morgan fingerprint density at radius 2 is 2.21 bits per heavy atom. The van der Waals surface area contributed by atoms with Crippen LogP contribution in [-0.2, 0) is 4.79 Å². The molecule has 0 radical (unpaired) electrons. The third kappa shape index (κ3) is 1.39. The molecule has 2 aromatic rings. The van der Waals surface area contributed by atoms with Crippen LogP contribution in [0.1, 0.15) is 0 Å². The normalized spacial score (nSPS) is 10.1. The van der Waals surface area contributed by atoms with Gasteiger partial charge in [0.1, 0.15) is 11.3 Å². The van der Waals surface area contributed by atoms with Crippen LogP contribution in [0.5, 0.6) is 0 Å². The van der Waals surface area contributed by atoms with Crippen molar-refractivity contribution in [3.8, 4) is 0 Å². The molecule has 0 atom stereocenters. The molecule has 0 aliphatic carbocycles. The first-order valence-electron chi connectivity index (χ1n) is 3.92.